The molecule has 6 heteroatoms. The van der Waals surface area contributed by atoms with Gasteiger partial charge in [0, 0.05) is 0 Å². The Balaban J connectivity index is 1.99. The maximum atomic E-state index is 12.5. The normalized spacial score (nSPS) is 11.0. The third-order valence-electron chi connectivity index (χ3n) is 4.16. The van der Waals surface area contributed by atoms with E-state index in [9.17, 15) is 9.59 Å². The second kappa shape index (κ2) is 9.59. The van der Waals surface area contributed by atoms with Crippen LogP contribution in [0.1, 0.15) is 30.1 Å². The Bertz CT molecular complexity index is 1070. The van der Waals surface area contributed by atoms with Gasteiger partial charge in [0.15, 0.2) is 17.1 Å². The molecule has 2 aromatic carbocycles. The lowest BCUT2D eigenvalue weighted by molar-refractivity contribution is 0.0731. The number of benzene rings is 2. The predicted molar refractivity (Wildman–Crippen MR) is 110 cm³/mol. The summed E-state index contributed by atoms with van der Waals surface area (Å²) in [5.41, 5.74) is -0.197. The first-order chi connectivity index (χ1) is 14.2. The Morgan fingerprint density at radius 1 is 1.03 bits per heavy atom. The highest BCUT2D eigenvalue weighted by Gasteiger charge is 2.22. The van der Waals surface area contributed by atoms with Crippen LogP contribution < -0.4 is 19.8 Å². The van der Waals surface area contributed by atoms with Crippen molar-refractivity contribution in [2.24, 2.45) is 0 Å². The van der Waals surface area contributed by atoms with Crippen LogP contribution in [0.5, 0.6) is 17.2 Å². The van der Waals surface area contributed by atoms with Gasteiger partial charge in [-0.1, -0.05) is 43.3 Å². The fourth-order valence-corrected chi connectivity index (χ4v) is 2.79. The summed E-state index contributed by atoms with van der Waals surface area (Å²) in [4.78, 5) is 25.0. The molecule has 0 unspecified atom stereocenters. The molecule has 3 aromatic rings. The fourth-order valence-electron chi connectivity index (χ4n) is 2.79. The average Bonchev–Trinajstić information content (AvgIpc) is 2.74. The topological polar surface area (TPSA) is 75.0 Å². The third-order valence-corrected chi connectivity index (χ3v) is 4.16. The molecule has 0 radical (unpaired) electrons. The van der Waals surface area contributed by atoms with Crippen molar-refractivity contribution in [3.05, 3.63) is 76.7 Å². The largest absolute Gasteiger partial charge is 0.489 e. The van der Waals surface area contributed by atoms with E-state index in [0.717, 1.165) is 12.8 Å². The summed E-state index contributed by atoms with van der Waals surface area (Å²) in [7, 11) is 1.32. The molecule has 0 aliphatic rings. The van der Waals surface area contributed by atoms with Crippen LogP contribution in [0.15, 0.2) is 69.9 Å². The van der Waals surface area contributed by atoms with Crippen molar-refractivity contribution in [2.75, 3.05) is 13.7 Å². The van der Waals surface area contributed by atoms with Crippen molar-refractivity contribution >= 4 is 16.9 Å². The molecule has 0 fully saturated rings. The molecule has 150 valence electrons. The molecule has 3 rings (SSSR count). The summed E-state index contributed by atoms with van der Waals surface area (Å²) in [6.07, 6.45) is 5.76. The molecule has 0 bridgehead atoms. The van der Waals surface area contributed by atoms with Gasteiger partial charge < -0.3 is 18.6 Å². The number of esters is 1. The van der Waals surface area contributed by atoms with E-state index >= 15 is 0 Å². The van der Waals surface area contributed by atoms with Crippen LogP contribution in [0, 0.1) is 0 Å². The number of fused-ring (bicyclic) bond motifs is 1. The molecule has 0 N–H and O–H groups in total. The van der Waals surface area contributed by atoms with Gasteiger partial charge >= 0.3 is 11.6 Å². The van der Waals surface area contributed by atoms with Gasteiger partial charge in [0.2, 0.25) is 5.75 Å². The summed E-state index contributed by atoms with van der Waals surface area (Å²) in [6.45, 7) is 2.48. The minimum Gasteiger partial charge on any atom is -0.489 e. The van der Waals surface area contributed by atoms with Gasteiger partial charge in [0.05, 0.1) is 24.7 Å². The van der Waals surface area contributed by atoms with Crippen molar-refractivity contribution in [1.29, 1.82) is 0 Å². The summed E-state index contributed by atoms with van der Waals surface area (Å²) in [5, 5.41) is 0.410. The number of hydrogen-bond acceptors (Lipinski definition) is 6. The van der Waals surface area contributed by atoms with Crippen LogP contribution in [0.3, 0.4) is 0 Å². The minimum atomic E-state index is -0.752. The molecule has 0 amide bonds. The molecule has 1 heterocycles. The van der Waals surface area contributed by atoms with Gasteiger partial charge in [-0.2, -0.15) is 0 Å². The van der Waals surface area contributed by atoms with Crippen LogP contribution in [-0.4, -0.2) is 19.7 Å². The van der Waals surface area contributed by atoms with Gasteiger partial charge in [0.25, 0.3) is 0 Å². The number of allylic oxidation sites excluding steroid dienone is 1. The highest BCUT2D eigenvalue weighted by molar-refractivity contribution is 5.96. The van der Waals surface area contributed by atoms with Gasteiger partial charge in [-0.3, -0.25) is 0 Å². The van der Waals surface area contributed by atoms with E-state index < -0.39 is 11.6 Å². The smallest absolute Gasteiger partial charge is 0.383 e. The van der Waals surface area contributed by atoms with Crippen molar-refractivity contribution in [2.45, 2.75) is 19.8 Å². The number of ether oxygens (including phenoxy) is 3. The van der Waals surface area contributed by atoms with E-state index in [1.807, 2.05) is 6.08 Å². The number of rotatable bonds is 8. The van der Waals surface area contributed by atoms with Crippen LogP contribution in [0.2, 0.25) is 0 Å². The molecular formula is C23H22O6. The molecule has 0 aliphatic heterocycles. The fraction of sp³-hybridized carbons (Fsp3) is 0.217. The first-order valence-electron chi connectivity index (χ1n) is 9.34. The zero-order valence-electron chi connectivity index (χ0n) is 16.3. The lowest BCUT2D eigenvalue weighted by Gasteiger charge is -2.13. The lowest BCUT2D eigenvalue weighted by atomic mass is 10.2. The SMILES string of the molecule is CCC=CCCOc1cccc2c(OC(=O)c3ccccc3)c(OC)c(=O)oc12. The molecular weight excluding hydrogens is 372 g/mol. The number of hydrogen-bond donors (Lipinski definition) is 0. The van der Waals surface area contributed by atoms with Gasteiger partial charge in [-0.25, -0.2) is 9.59 Å². The Labute approximate surface area is 168 Å². The molecule has 0 atom stereocenters. The highest BCUT2D eigenvalue weighted by Crippen LogP contribution is 2.37. The maximum absolute atomic E-state index is 12.5. The molecule has 0 aliphatic carbocycles. The Morgan fingerprint density at radius 3 is 2.55 bits per heavy atom. The monoisotopic (exact) mass is 394 g/mol. The molecule has 0 saturated carbocycles. The zero-order chi connectivity index (χ0) is 20.6. The van der Waals surface area contributed by atoms with E-state index in [1.54, 1.807) is 48.5 Å². The molecule has 0 spiro atoms. The number of methoxy groups -OCH3 is 1. The molecule has 0 saturated heterocycles. The summed E-state index contributed by atoms with van der Waals surface area (Å²) in [6, 6.07) is 13.6. The van der Waals surface area contributed by atoms with Crippen LogP contribution >= 0.6 is 0 Å². The lowest BCUT2D eigenvalue weighted by Crippen LogP contribution is -2.13. The van der Waals surface area contributed by atoms with E-state index in [-0.39, 0.29) is 17.1 Å². The highest BCUT2D eigenvalue weighted by atomic mass is 16.6. The number of para-hydroxylation sites is 1. The van der Waals surface area contributed by atoms with E-state index in [0.29, 0.717) is 23.3 Å². The van der Waals surface area contributed by atoms with E-state index in [2.05, 4.69) is 13.0 Å². The number of carbonyl (C=O) groups is 1. The van der Waals surface area contributed by atoms with Gasteiger partial charge in [-0.15, -0.1) is 0 Å². The molecule has 6 nitrogen and oxygen atoms in total. The Kier molecular flexibility index (Phi) is 6.68. The van der Waals surface area contributed by atoms with Crippen molar-refractivity contribution in [3.63, 3.8) is 0 Å². The van der Waals surface area contributed by atoms with Crippen LogP contribution in [0.25, 0.3) is 11.0 Å². The summed E-state index contributed by atoms with van der Waals surface area (Å²) >= 11 is 0. The predicted octanol–water partition coefficient (Wildman–Crippen LogP) is 4.76. The summed E-state index contributed by atoms with van der Waals surface area (Å²) < 4.78 is 21.9. The second-order valence-corrected chi connectivity index (χ2v) is 6.16. The van der Waals surface area contributed by atoms with Gasteiger partial charge in [0.1, 0.15) is 0 Å². The van der Waals surface area contributed by atoms with E-state index in [1.165, 1.54) is 7.11 Å². The van der Waals surface area contributed by atoms with Crippen molar-refractivity contribution in [1.82, 2.24) is 0 Å². The first-order valence-corrected chi connectivity index (χ1v) is 9.34. The number of carbonyl (C=O) groups excluding carboxylic acids is 1. The maximum Gasteiger partial charge on any atom is 0.383 e. The first kappa shape index (κ1) is 20.2. The molecule has 29 heavy (non-hydrogen) atoms. The van der Waals surface area contributed by atoms with Crippen LogP contribution in [0.4, 0.5) is 0 Å². The van der Waals surface area contributed by atoms with Crippen LogP contribution in [-0.2, 0) is 0 Å². The zero-order valence-corrected chi connectivity index (χ0v) is 16.3. The second-order valence-electron chi connectivity index (χ2n) is 6.16. The summed E-state index contributed by atoms with van der Waals surface area (Å²) in [5.74, 6) is -0.385. The Morgan fingerprint density at radius 2 is 1.83 bits per heavy atom. The quantitative estimate of drug-likeness (QED) is 0.237. The molecule has 1 aromatic heterocycles. The van der Waals surface area contributed by atoms with Crippen molar-refractivity contribution in [3.8, 4) is 17.2 Å². The standard InChI is InChI=1S/C23H22O6/c1-3-4-5-9-15-27-18-14-10-13-17-19(18)28-23(25)21(26-2)20(17)29-22(24)16-11-7-6-8-12-16/h4-8,10-14H,3,9,15H2,1-2H3. The third kappa shape index (κ3) is 4.66. The van der Waals surface area contributed by atoms with E-state index in [4.69, 9.17) is 18.6 Å². The average molecular weight is 394 g/mol. The van der Waals surface area contributed by atoms with Gasteiger partial charge in [-0.05, 0) is 37.1 Å². The Hall–Kier alpha value is -3.54. The van der Waals surface area contributed by atoms with Crippen molar-refractivity contribution < 1.29 is 23.4 Å². The minimum absolute atomic E-state index is 0.00364.